The van der Waals surface area contributed by atoms with Crippen LogP contribution >= 0.6 is 0 Å². The minimum Gasteiger partial charge on any atom is -0.497 e. The number of nitrogens with two attached hydrogens (primary N) is 1. The number of benzene rings is 1. The second-order valence-electron chi connectivity index (χ2n) is 3.00. The molecular formula is C10H11N3O3. The lowest BCUT2D eigenvalue weighted by atomic mass is 10.3. The van der Waals surface area contributed by atoms with Crippen molar-refractivity contribution in [3.63, 3.8) is 0 Å². The van der Waals surface area contributed by atoms with Gasteiger partial charge in [0.1, 0.15) is 11.5 Å². The summed E-state index contributed by atoms with van der Waals surface area (Å²) in [5.41, 5.74) is 5.28. The van der Waals surface area contributed by atoms with Gasteiger partial charge in [0.25, 0.3) is 5.89 Å². The summed E-state index contributed by atoms with van der Waals surface area (Å²) in [6.07, 6.45) is 0. The van der Waals surface area contributed by atoms with Crippen LogP contribution in [0.3, 0.4) is 0 Å². The molecule has 2 rings (SSSR count). The van der Waals surface area contributed by atoms with Crippen LogP contribution in [0.2, 0.25) is 0 Å². The van der Waals surface area contributed by atoms with E-state index < -0.39 is 0 Å². The minimum absolute atomic E-state index is 0.0317. The van der Waals surface area contributed by atoms with Gasteiger partial charge in [0.05, 0.1) is 7.11 Å². The molecule has 6 nitrogen and oxygen atoms in total. The van der Waals surface area contributed by atoms with E-state index in [4.69, 9.17) is 19.6 Å². The average Bonchev–Trinajstić information content (AvgIpc) is 2.73. The second kappa shape index (κ2) is 4.52. The van der Waals surface area contributed by atoms with Crippen LogP contribution in [0.15, 0.2) is 28.7 Å². The van der Waals surface area contributed by atoms with Crippen LogP contribution in [0.4, 0.5) is 6.01 Å². The number of nitrogens with zero attached hydrogens (tertiary/aromatic N) is 2. The molecule has 16 heavy (non-hydrogen) atoms. The first kappa shape index (κ1) is 10.3. The van der Waals surface area contributed by atoms with Gasteiger partial charge >= 0.3 is 6.01 Å². The number of hydrogen-bond donors (Lipinski definition) is 1. The quantitative estimate of drug-likeness (QED) is 0.836. The van der Waals surface area contributed by atoms with E-state index in [0.717, 1.165) is 5.75 Å². The van der Waals surface area contributed by atoms with Crippen molar-refractivity contribution in [2.24, 2.45) is 0 Å². The van der Waals surface area contributed by atoms with Crippen LogP contribution in [0.25, 0.3) is 0 Å². The van der Waals surface area contributed by atoms with Gasteiger partial charge in [-0.25, -0.2) is 0 Å². The summed E-state index contributed by atoms with van der Waals surface area (Å²) in [5, 5.41) is 7.19. The highest BCUT2D eigenvalue weighted by Gasteiger charge is 2.04. The standard InChI is InChI=1S/C10H11N3O3/c1-14-7-3-2-4-8(5-7)15-6-9-12-13-10(11)16-9/h2-5H,6H2,1H3,(H2,11,13). The van der Waals surface area contributed by atoms with E-state index in [1.54, 1.807) is 13.2 Å². The summed E-state index contributed by atoms with van der Waals surface area (Å²) in [4.78, 5) is 0. The lowest BCUT2D eigenvalue weighted by molar-refractivity contribution is 0.263. The molecule has 84 valence electrons. The molecule has 0 aliphatic carbocycles. The van der Waals surface area contributed by atoms with Crippen molar-refractivity contribution in [3.05, 3.63) is 30.2 Å². The minimum atomic E-state index is 0.0317. The molecule has 2 N–H and O–H groups in total. The Morgan fingerprint density at radius 3 is 2.81 bits per heavy atom. The Hall–Kier alpha value is -2.24. The summed E-state index contributed by atoms with van der Waals surface area (Å²) in [6, 6.07) is 7.26. The van der Waals surface area contributed by atoms with Crippen LogP contribution < -0.4 is 15.2 Å². The fraction of sp³-hybridized carbons (Fsp3) is 0.200. The number of nitrogen functional groups attached to an aromatic ring is 1. The third-order valence-corrected chi connectivity index (χ3v) is 1.89. The number of anilines is 1. The summed E-state index contributed by atoms with van der Waals surface area (Å²) >= 11 is 0. The maximum atomic E-state index is 5.42. The van der Waals surface area contributed by atoms with Crippen LogP contribution in [-0.4, -0.2) is 17.3 Å². The molecule has 0 saturated carbocycles. The van der Waals surface area contributed by atoms with E-state index in [1.807, 2.05) is 18.2 Å². The molecule has 0 bridgehead atoms. The van der Waals surface area contributed by atoms with E-state index in [0.29, 0.717) is 11.6 Å². The van der Waals surface area contributed by atoms with Crippen molar-refractivity contribution in [1.29, 1.82) is 0 Å². The molecule has 0 aliphatic rings. The molecule has 0 saturated heterocycles. The Balaban J connectivity index is 1.99. The van der Waals surface area contributed by atoms with Crippen molar-refractivity contribution < 1.29 is 13.9 Å². The zero-order chi connectivity index (χ0) is 11.4. The summed E-state index contributed by atoms with van der Waals surface area (Å²) in [7, 11) is 1.60. The highest BCUT2D eigenvalue weighted by Crippen LogP contribution is 2.19. The maximum Gasteiger partial charge on any atom is 0.312 e. The molecule has 0 spiro atoms. The molecule has 1 aromatic heterocycles. The molecule has 0 fully saturated rings. The van der Waals surface area contributed by atoms with Crippen molar-refractivity contribution in [2.75, 3.05) is 12.8 Å². The fourth-order valence-electron chi connectivity index (χ4n) is 1.16. The molecule has 0 unspecified atom stereocenters. The third-order valence-electron chi connectivity index (χ3n) is 1.89. The van der Waals surface area contributed by atoms with E-state index in [1.165, 1.54) is 0 Å². The molecule has 2 aromatic rings. The van der Waals surface area contributed by atoms with Crippen LogP contribution in [-0.2, 0) is 6.61 Å². The van der Waals surface area contributed by atoms with E-state index in [2.05, 4.69) is 10.2 Å². The Bertz CT molecular complexity index is 470. The Kier molecular flexibility index (Phi) is 2.90. The summed E-state index contributed by atoms with van der Waals surface area (Å²) < 4.78 is 15.4. The van der Waals surface area contributed by atoms with Crippen molar-refractivity contribution in [2.45, 2.75) is 6.61 Å². The van der Waals surface area contributed by atoms with E-state index in [9.17, 15) is 0 Å². The van der Waals surface area contributed by atoms with Gasteiger partial charge in [0.15, 0.2) is 6.61 Å². The SMILES string of the molecule is COc1cccc(OCc2nnc(N)o2)c1. The lowest BCUT2D eigenvalue weighted by Crippen LogP contribution is -1.96. The number of aromatic nitrogens is 2. The summed E-state index contributed by atoms with van der Waals surface area (Å²) in [6.45, 7) is 0.178. The Labute approximate surface area is 92.0 Å². The molecule has 1 aromatic carbocycles. The topological polar surface area (TPSA) is 83.4 Å². The number of hydrogen-bond acceptors (Lipinski definition) is 6. The van der Waals surface area contributed by atoms with Crippen molar-refractivity contribution in [1.82, 2.24) is 10.2 Å². The monoisotopic (exact) mass is 221 g/mol. The normalized spacial score (nSPS) is 10.1. The molecule has 0 amide bonds. The van der Waals surface area contributed by atoms with Gasteiger partial charge in [-0.1, -0.05) is 11.2 Å². The van der Waals surface area contributed by atoms with Crippen LogP contribution in [0.1, 0.15) is 5.89 Å². The van der Waals surface area contributed by atoms with Crippen LogP contribution in [0, 0.1) is 0 Å². The summed E-state index contributed by atoms with van der Waals surface area (Å²) in [5.74, 6) is 1.72. The molecule has 6 heteroatoms. The zero-order valence-electron chi connectivity index (χ0n) is 8.71. The lowest BCUT2D eigenvalue weighted by Gasteiger charge is -2.04. The van der Waals surface area contributed by atoms with Crippen molar-refractivity contribution in [3.8, 4) is 11.5 Å². The third kappa shape index (κ3) is 2.41. The van der Waals surface area contributed by atoms with Crippen molar-refractivity contribution >= 4 is 6.01 Å². The van der Waals surface area contributed by atoms with Gasteiger partial charge in [-0.3, -0.25) is 0 Å². The first-order valence-corrected chi connectivity index (χ1v) is 4.62. The van der Waals surface area contributed by atoms with Gasteiger partial charge in [0, 0.05) is 6.07 Å². The first-order valence-electron chi connectivity index (χ1n) is 4.62. The number of methoxy groups -OCH3 is 1. The largest absolute Gasteiger partial charge is 0.497 e. The van der Waals surface area contributed by atoms with E-state index >= 15 is 0 Å². The van der Waals surface area contributed by atoms with Gasteiger partial charge < -0.3 is 19.6 Å². The maximum absolute atomic E-state index is 5.42. The van der Waals surface area contributed by atoms with Gasteiger partial charge in [-0.15, -0.1) is 5.10 Å². The predicted octanol–water partition coefficient (Wildman–Crippen LogP) is 1.24. The Morgan fingerprint density at radius 1 is 1.31 bits per heavy atom. The average molecular weight is 221 g/mol. The smallest absolute Gasteiger partial charge is 0.312 e. The van der Waals surface area contributed by atoms with Crippen LogP contribution in [0.5, 0.6) is 11.5 Å². The van der Waals surface area contributed by atoms with Gasteiger partial charge in [0.2, 0.25) is 0 Å². The second-order valence-corrected chi connectivity index (χ2v) is 3.00. The molecule has 0 atom stereocenters. The van der Waals surface area contributed by atoms with Gasteiger partial charge in [-0.05, 0) is 12.1 Å². The first-order chi connectivity index (χ1) is 7.78. The zero-order valence-corrected chi connectivity index (χ0v) is 8.71. The molecule has 0 aliphatic heterocycles. The van der Waals surface area contributed by atoms with E-state index in [-0.39, 0.29) is 12.6 Å². The number of rotatable bonds is 4. The highest BCUT2D eigenvalue weighted by molar-refractivity contribution is 5.32. The Morgan fingerprint density at radius 2 is 2.12 bits per heavy atom. The molecule has 1 heterocycles. The van der Waals surface area contributed by atoms with Gasteiger partial charge in [-0.2, -0.15) is 0 Å². The highest BCUT2D eigenvalue weighted by atomic mass is 16.5. The fourth-order valence-corrected chi connectivity index (χ4v) is 1.16. The molecule has 0 radical (unpaired) electrons. The predicted molar refractivity (Wildman–Crippen MR) is 56.0 cm³/mol. The number of ether oxygens (including phenoxy) is 2. The molecular weight excluding hydrogens is 210 g/mol.